The number of likely N-dealkylation sites (tertiary alicyclic amines) is 1. The van der Waals surface area contributed by atoms with Crippen molar-refractivity contribution in [3.8, 4) is 11.5 Å². The fourth-order valence-corrected chi connectivity index (χ4v) is 5.80. The number of imide groups is 1. The molecule has 1 aliphatic carbocycles. The van der Waals surface area contributed by atoms with Gasteiger partial charge >= 0.3 is 6.03 Å². The molecular weight excluding hydrogens is 488 g/mol. The van der Waals surface area contributed by atoms with Crippen molar-refractivity contribution < 1.29 is 37.4 Å². The molecule has 0 spiro atoms. The Balaban J connectivity index is 1.60. The number of nitrogens with zero attached hydrogens (tertiary/aromatic N) is 3. The molecule has 1 aromatic carbocycles. The fourth-order valence-electron chi connectivity index (χ4n) is 5.80. The van der Waals surface area contributed by atoms with Gasteiger partial charge < -0.3 is 24.0 Å². The first-order chi connectivity index (χ1) is 17.9. The van der Waals surface area contributed by atoms with Gasteiger partial charge in [-0.25, -0.2) is 13.6 Å². The molecule has 4 amide bonds. The number of halogens is 2. The highest BCUT2D eigenvalue weighted by Crippen LogP contribution is 2.39. The van der Waals surface area contributed by atoms with E-state index >= 15 is 0 Å². The van der Waals surface area contributed by atoms with E-state index in [2.05, 4.69) is 0 Å². The van der Waals surface area contributed by atoms with E-state index in [1.807, 2.05) is 4.90 Å². The number of hydrogen-bond donors (Lipinski definition) is 0. The molecule has 2 heterocycles. The number of benzene rings is 1. The van der Waals surface area contributed by atoms with E-state index in [1.165, 1.54) is 19.1 Å². The first-order valence-electron chi connectivity index (χ1n) is 12.7. The summed E-state index contributed by atoms with van der Waals surface area (Å²) in [5.41, 5.74) is 0.701. The molecule has 0 bridgehead atoms. The Morgan fingerprint density at radius 2 is 1.73 bits per heavy atom. The van der Waals surface area contributed by atoms with Gasteiger partial charge in [-0.3, -0.25) is 14.5 Å². The first-order valence-corrected chi connectivity index (χ1v) is 12.7. The number of carbonyl (C=O) groups is 3. The van der Waals surface area contributed by atoms with E-state index < -0.39 is 31.5 Å². The molecule has 3 fully saturated rings. The molecule has 3 atom stereocenters. The predicted octanol–water partition coefficient (Wildman–Crippen LogP) is 2.95. The number of rotatable bonds is 10. The Labute approximate surface area is 215 Å². The van der Waals surface area contributed by atoms with Crippen LogP contribution < -0.4 is 9.47 Å². The maximum Gasteiger partial charge on any atom is 0.327 e. The Hall–Kier alpha value is -2.95. The van der Waals surface area contributed by atoms with Gasteiger partial charge in [0.25, 0.3) is 0 Å². The van der Waals surface area contributed by atoms with Crippen molar-refractivity contribution in [3.63, 3.8) is 0 Å². The summed E-state index contributed by atoms with van der Waals surface area (Å²) in [4.78, 5) is 43.5. The number of alkyl halides is 2. The number of piperidine rings is 1. The molecule has 4 rings (SSSR count). The molecule has 204 valence electrons. The second kappa shape index (κ2) is 12.1. The zero-order chi connectivity index (χ0) is 26.5. The highest BCUT2D eigenvalue weighted by molar-refractivity contribution is 5.99. The Morgan fingerprint density at radius 1 is 1.03 bits per heavy atom. The Morgan fingerprint density at radius 3 is 2.35 bits per heavy atom. The molecule has 1 saturated carbocycles. The molecule has 11 heteroatoms. The molecule has 9 nitrogen and oxygen atoms in total. The minimum absolute atomic E-state index is 0.0496. The summed E-state index contributed by atoms with van der Waals surface area (Å²) in [5.74, 6) is 0.175. The highest BCUT2D eigenvalue weighted by Gasteiger charge is 2.51. The summed E-state index contributed by atoms with van der Waals surface area (Å²) < 4.78 is 42.5. The number of carbonyl (C=O) groups excluding carboxylic acids is 3. The van der Waals surface area contributed by atoms with E-state index in [1.54, 1.807) is 23.1 Å². The minimum Gasteiger partial charge on any atom is -0.493 e. The van der Waals surface area contributed by atoms with Crippen LogP contribution in [0.4, 0.5) is 13.6 Å². The number of fused-ring (bicyclic) bond motifs is 1. The van der Waals surface area contributed by atoms with E-state index in [0.717, 1.165) is 6.41 Å². The second-order valence-electron chi connectivity index (χ2n) is 9.85. The van der Waals surface area contributed by atoms with Gasteiger partial charge in [-0.15, -0.1) is 0 Å². The van der Waals surface area contributed by atoms with Crippen LogP contribution in [0.2, 0.25) is 0 Å². The summed E-state index contributed by atoms with van der Waals surface area (Å²) in [6, 6.07) is 4.46. The number of amides is 4. The molecular formula is C26H35F2N3O6. The van der Waals surface area contributed by atoms with Crippen LogP contribution in [0.25, 0.3) is 0 Å². The SMILES string of the molecule is COc1ccc(CN2C(=O)C3CC(OC(CF)CF)CCC3N(C3CCN(C=O)CC3)C2=O)cc1OC. The molecule has 1 aromatic rings. The minimum atomic E-state index is -1.14. The molecule has 3 unspecified atom stereocenters. The lowest BCUT2D eigenvalue weighted by atomic mass is 9.78. The summed E-state index contributed by atoms with van der Waals surface area (Å²) in [5, 5.41) is 0. The molecule has 0 aromatic heterocycles. The fraction of sp³-hybridized carbons (Fsp3) is 0.654. The summed E-state index contributed by atoms with van der Waals surface area (Å²) in [7, 11) is 3.04. The lowest BCUT2D eigenvalue weighted by Gasteiger charge is -2.52. The molecule has 0 radical (unpaired) electrons. The van der Waals surface area contributed by atoms with Crippen molar-refractivity contribution in [2.75, 3.05) is 40.7 Å². The number of ether oxygens (including phenoxy) is 3. The third kappa shape index (κ3) is 5.66. The summed E-state index contributed by atoms with van der Waals surface area (Å²) >= 11 is 0. The quantitative estimate of drug-likeness (QED) is 0.438. The monoisotopic (exact) mass is 523 g/mol. The third-order valence-corrected chi connectivity index (χ3v) is 7.72. The van der Waals surface area contributed by atoms with Crippen LogP contribution in [-0.2, 0) is 20.9 Å². The average molecular weight is 524 g/mol. The van der Waals surface area contributed by atoms with Gasteiger partial charge in [0.15, 0.2) is 11.5 Å². The molecule has 37 heavy (non-hydrogen) atoms. The lowest BCUT2D eigenvalue weighted by Crippen LogP contribution is -2.66. The van der Waals surface area contributed by atoms with Crippen LogP contribution in [-0.4, -0.2) is 98.0 Å². The standard InChI is InChI=1S/C26H35F2N3O6/c1-35-23-6-3-17(11-24(23)36-2)15-30-25(33)21-12-19(37-20(13-27)14-28)4-5-22(21)31(26(30)34)18-7-9-29(16-32)10-8-18/h3,6,11,16,18-22H,4-5,7-10,12-15H2,1-2H3. The van der Waals surface area contributed by atoms with E-state index in [9.17, 15) is 23.2 Å². The maximum atomic E-state index is 13.8. The normalized spacial score (nSPS) is 24.9. The van der Waals surface area contributed by atoms with Gasteiger partial charge in [0.1, 0.15) is 19.5 Å². The zero-order valence-electron chi connectivity index (χ0n) is 21.3. The topological polar surface area (TPSA) is 88.6 Å². The first kappa shape index (κ1) is 27.1. The van der Waals surface area contributed by atoms with Crippen LogP contribution in [0.15, 0.2) is 18.2 Å². The van der Waals surface area contributed by atoms with Crippen molar-refractivity contribution in [1.29, 1.82) is 0 Å². The zero-order valence-corrected chi connectivity index (χ0v) is 21.3. The summed E-state index contributed by atoms with van der Waals surface area (Å²) in [6.45, 7) is -0.729. The van der Waals surface area contributed by atoms with Gasteiger partial charge in [-0.2, -0.15) is 0 Å². The van der Waals surface area contributed by atoms with Crippen molar-refractivity contribution in [1.82, 2.24) is 14.7 Å². The Kier molecular flexibility index (Phi) is 8.83. The maximum absolute atomic E-state index is 13.8. The van der Waals surface area contributed by atoms with Crippen LogP contribution in [0.1, 0.15) is 37.7 Å². The third-order valence-electron chi connectivity index (χ3n) is 7.72. The van der Waals surface area contributed by atoms with Gasteiger partial charge in [-0.05, 0) is 49.8 Å². The van der Waals surface area contributed by atoms with Crippen LogP contribution in [0.5, 0.6) is 11.5 Å². The van der Waals surface area contributed by atoms with E-state index in [4.69, 9.17) is 14.2 Å². The van der Waals surface area contributed by atoms with Gasteiger partial charge in [0.05, 0.1) is 32.8 Å². The van der Waals surface area contributed by atoms with Crippen LogP contribution in [0, 0.1) is 5.92 Å². The predicted molar refractivity (Wildman–Crippen MR) is 130 cm³/mol. The van der Waals surface area contributed by atoms with E-state index in [0.29, 0.717) is 62.3 Å². The van der Waals surface area contributed by atoms with Crippen molar-refractivity contribution >= 4 is 18.3 Å². The smallest absolute Gasteiger partial charge is 0.327 e. The molecule has 2 aliphatic heterocycles. The molecule has 3 aliphatic rings. The van der Waals surface area contributed by atoms with Gasteiger partial charge in [-0.1, -0.05) is 6.07 Å². The van der Waals surface area contributed by atoms with Crippen molar-refractivity contribution in [3.05, 3.63) is 23.8 Å². The lowest BCUT2D eigenvalue weighted by molar-refractivity contribution is -0.148. The molecule has 0 N–H and O–H groups in total. The van der Waals surface area contributed by atoms with Crippen molar-refractivity contribution in [2.45, 2.75) is 62.9 Å². The summed E-state index contributed by atoms with van der Waals surface area (Å²) in [6.07, 6.45) is 1.77. The molecule has 2 saturated heterocycles. The van der Waals surface area contributed by atoms with Crippen molar-refractivity contribution in [2.24, 2.45) is 5.92 Å². The van der Waals surface area contributed by atoms with Crippen LogP contribution >= 0.6 is 0 Å². The van der Waals surface area contributed by atoms with Gasteiger partial charge in [0, 0.05) is 25.2 Å². The number of urea groups is 1. The Bertz CT molecular complexity index is 970. The highest BCUT2D eigenvalue weighted by atomic mass is 19.1. The van der Waals surface area contributed by atoms with E-state index in [-0.39, 0.29) is 30.6 Å². The largest absolute Gasteiger partial charge is 0.493 e. The average Bonchev–Trinajstić information content (AvgIpc) is 2.94. The number of methoxy groups -OCH3 is 2. The number of hydrogen-bond acceptors (Lipinski definition) is 6. The second-order valence-corrected chi connectivity index (χ2v) is 9.85. The van der Waals surface area contributed by atoms with Crippen LogP contribution in [0.3, 0.4) is 0 Å². The van der Waals surface area contributed by atoms with Gasteiger partial charge in [0.2, 0.25) is 12.3 Å².